The van der Waals surface area contributed by atoms with Crippen molar-refractivity contribution in [1.82, 2.24) is 4.90 Å². The average molecular weight is 173 g/mol. The van der Waals surface area contributed by atoms with Crippen molar-refractivity contribution >= 4 is 5.97 Å². The lowest BCUT2D eigenvalue weighted by molar-refractivity contribution is -0.155. The molecule has 3 heteroatoms. The Balaban J connectivity index is 4.40. The van der Waals surface area contributed by atoms with Gasteiger partial charge in [0.05, 0.1) is 6.61 Å². The SMILES string of the molecule is CCOC(=O)C(C)(CC)N(C)C. The van der Waals surface area contributed by atoms with E-state index in [0.29, 0.717) is 6.61 Å². The fourth-order valence-corrected chi connectivity index (χ4v) is 0.930. The molecular weight excluding hydrogens is 154 g/mol. The second kappa shape index (κ2) is 4.45. The molecule has 1 atom stereocenters. The number of rotatable bonds is 4. The zero-order valence-electron chi connectivity index (χ0n) is 8.68. The highest BCUT2D eigenvalue weighted by Gasteiger charge is 2.34. The highest BCUT2D eigenvalue weighted by molar-refractivity contribution is 5.80. The van der Waals surface area contributed by atoms with Gasteiger partial charge in [-0.25, -0.2) is 0 Å². The Kier molecular flexibility index (Phi) is 4.24. The summed E-state index contributed by atoms with van der Waals surface area (Å²) in [6, 6.07) is 0. The van der Waals surface area contributed by atoms with Gasteiger partial charge < -0.3 is 4.74 Å². The molecule has 0 saturated carbocycles. The molecule has 0 aromatic rings. The number of nitrogens with zero attached hydrogens (tertiary/aromatic N) is 1. The van der Waals surface area contributed by atoms with Gasteiger partial charge in [0.1, 0.15) is 5.54 Å². The number of likely N-dealkylation sites (N-methyl/N-ethyl adjacent to an activating group) is 1. The summed E-state index contributed by atoms with van der Waals surface area (Å²) in [6.07, 6.45) is 0.763. The number of carbonyl (C=O) groups excluding carboxylic acids is 1. The molecule has 0 aliphatic heterocycles. The number of carbonyl (C=O) groups is 1. The summed E-state index contributed by atoms with van der Waals surface area (Å²) < 4.78 is 4.98. The van der Waals surface area contributed by atoms with E-state index in [4.69, 9.17) is 4.74 Å². The summed E-state index contributed by atoms with van der Waals surface area (Å²) >= 11 is 0. The van der Waals surface area contributed by atoms with Crippen LogP contribution in [-0.2, 0) is 9.53 Å². The van der Waals surface area contributed by atoms with Crippen LogP contribution in [0.5, 0.6) is 0 Å². The number of esters is 1. The van der Waals surface area contributed by atoms with Crippen molar-refractivity contribution in [2.75, 3.05) is 20.7 Å². The molecule has 0 radical (unpaired) electrons. The van der Waals surface area contributed by atoms with Gasteiger partial charge in [-0.1, -0.05) is 6.92 Å². The van der Waals surface area contributed by atoms with E-state index >= 15 is 0 Å². The Morgan fingerprint density at radius 3 is 2.17 bits per heavy atom. The molecule has 0 spiro atoms. The van der Waals surface area contributed by atoms with E-state index in [1.165, 1.54) is 0 Å². The summed E-state index contributed by atoms with van der Waals surface area (Å²) in [5.74, 6) is -0.141. The molecule has 12 heavy (non-hydrogen) atoms. The topological polar surface area (TPSA) is 29.5 Å². The Hall–Kier alpha value is -0.570. The van der Waals surface area contributed by atoms with Crippen molar-refractivity contribution in [2.45, 2.75) is 32.7 Å². The molecule has 0 fully saturated rings. The molecule has 0 aromatic heterocycles. The largest absolute Gasteiger partial charge is 0.465 e. The number of hydrogen-bond acceptors (Lipinski definition) is 3. The van der Waals surface area contributed by atoms with Gasteiger partial charge in [-0.05, 0) is 34.4 Å². The van der Waals surface area contributed by atoms with Crippen molar-refractivity contribution < 1.29 is 9.53 Å². The summed E-state index contributed by atoms with van der Waals surface area (Å²) in [6.45, 7) is 6.15. The van der Waals surface area contributed by atoms with Gasteiger partial charge in [0, 0.05) is 0 Å². The molecular formula is C9H19NO2. The zero-order chi connectivity index (χ0) is 9.78. The molecule has 0 rings (SSSR count). The molecule has 0 aromatic carbocycles. The van der Waals surface area contributed by atoms with Crippen LogP contribution < -0.4 is 0 Å². The van der Waals surface area contributed by atoms with Gasteiger partial charge in [0.2, 0.25) is 0 Å². The maximum Gasteiger partial charge on any atom is 0.326 e. The van der Waals surface area contributed by atoms with E-state index in [-0.39, 0.29) is 5.97 Å². The van der Waals surface area contributed by atoms with Crippen molar-refractivity contribution in [1.29, 1.82) is 0 Å². The first-order chi connectivity index (χ1) is 5.49. The van der Waals surface area contributed by atoms with E-state index in [2.05, 4.69) is 0 Å². The minimum atomic E-state index is -0.476. The standard InChI is InChI=1S/C9H19NO2/c1-6-9(3,10(4)5)8(11)12-7-2/h6-7H2,1-5H3. The first kappa shape index (κ1) is 11.4. The van der Waals surface area contributed by atoms with E-state index in [0.717, 1.165) is 6.42 Å². The predicted molar refractivity (Wildman–Crippen MR) is 49.0 cm³/mol. The van der Waals surface area contributed by atoms with Gasteiger partial charge in [-0.2, -0.15) is 0 Å². The van der Waals surface area contributed by atoms with Crippen molar-refractivity contribution in [2.24, 2.45) is 0 Å². The van der Waals surface area contributed by atoms with Crippen LogP contribution in [0.4, 0.5) is 0 Å². The lowest BCUT2D eigenvalue weighted by Gasteiger charge is -2.32. The van der Waals surface area contributed by atoms with E-state index in [1.807, 2.05) is 39.8 Å². The van der Waals surface area contributed by atoms with Crippen LogP contribution in [-0.4, -0.2) is 37.1 Å². The van der Waals surface area contributed by atoms with Crippen LogP contribution in [0.3, 0.4) is 0 Å². The molecule has 0 N–H and O–H groups in total. The second-order valence-electron chi connectivity index (χ2n) is 3.24. The molecule has 0 aliphatic rings. The Morgan fingerprint density at radius 1 is 1.42 bits per heavy atom. The zero-order valence-corrected chi connectivity index (χ0v) is 8.68. The highest BCUT2D eigenvalue weighted by Crippen LogP contribution is 2.17. The van der Waals surface area contributed by atoms with Crippen molar-refractivity contribution in [3.05, 3.63) is 0 Å². The molecule has 0 aliphatic carbocycles. The monoisotopic (exact) mass is 173 g/mol. The fraction of sp³-hybridized carbons (Fsp3) is 0.889. The Bertz CT molecular complexity index is 157. The van der Waals surface area contributed by atoms with Crippen molar-refractivity contribution in [3.8, 4) is 0 Å². The lowest BCUT2D eigenvalue weighted by atomic mass is 9.98. The minimum Gasteiger partial charge on any atom is -0.465 e. The van der Waals surface area contributed by atoms with Crippen LogP contribution in [0.15, 0.2) is 0 Å². The van der Waals surface area contributed by atoms with Gasteiger partial charge in [-0.3, -0.25) is 9.69 Å². The Labute approximate surface area is 74.7 Å². The van der Waals surface area contributed by atoms with Crippen LogP contribution in [0.1, 0.15) is 27.2 Å². The lowest BCUT2D eigenvalue weighted by Crippen LogP contribution is -2.49. The van der Waals surface area contributed by atoms with Crippen LogP contribution in [0, 0.1) is 0 Å². The maximum atomic E-state index is 11.5. The third-order valence-electron chi connectivity index (χ3n) is 2.39. The third kappa shape index (κ3) is 2.21. The normalized spacial score (nSPS) is 15.8. The summed E-state index contributed by atoms with van der Waals surface area (Å²) in [5.41, 5.74) is -0.476. The maximum absolute atomic E-state index is 11.5. The Morgan fingerprint density at radius 2 is 1.92 bits per heavy atom. The van der Waals surface area contributed by atoms with E-state index in [9.17, 15) is 4.79 Å². The van der Waals surface area contributed by atoms with Gasteiger partial charge in [-0.15, -0.1) is 0 Å². The molecule has 1 unspecified atom stereocenters. The van der Waals surface area contributed by atoms with E-state index < -0.39 is 5.54 Å². The first-order valence-corrected chi connectivity index (χ1v) is 4.33. The fourth-order valence-electron chi connectivity index (χ4n) is 0.930. The highest BCUT2D eigenvalue weighted by atomic mass is 16.5. The first-order valence-electron chi connectivity index (χ1n) is 4.33. The van der Waals surface area contributed by atoms with E-state index in [1.54, 1.807) is 0 Å². The molecule has 0 heterocycles. The summed E-state index contributed by atoms with van der Waals surface area (Å²) in [5, 5.41) is 0. The molecule has 0 bridgehead atoms. The summed E-state index contributed by atoms with van der Waals surface area (Å²) in [7, 11) is 3.78. The van der Waals surface area contributed by atoms with Gasteiger partial charge in [0.25, 0.3) is 0 Å². The number of ether oxygens (including phenoxy) is 1. The number of hydrogen-bond donors (Lipinski definition) is 0. The smallest absolute Gasteiger partial charge is 0.326 e. The van der Waals surface area contributed by atoms with Crippen LogP contribution >= 0.6 is 0 Å². The van der Waals surface area contributed by atoms with Gasteiger partial charge in [0.15, 0.2) is 0 Å². The molecule has 72 valence electrons. The quantitative estimate of drug-likeness (QED) is 0.600. The minimum absolute atomic E-state index is 0.141. The predicted octanol–water partition coefficient (Wildman–Crippen LogP) is 1.28. The summed E-state index contributed by atoms with van der Waals surface area (Å²) in [4.78, 5) is 13.4. The van der Waals surface area contributed by atoms with Gasteiger partial charge >= 0.3 is 5.97 Å². The van der Waals surface area contributed by atoms with Crippen molar-refractivity contribution in [3.63, 3.8) is 0 Å². The van der Waals surface area contributed by atoms with Crippen LogP contribution in [0.25, 0.3) is 0 Å². The average Bonchev–Trinajstić information content (AvgIpc) is 2.03. The second-order valence-corrected chi connectivity index (χ2v) is 3.24. The van der Waals surface area contributed by atoms with Crippen LogP contribution in [0.2, 0.25) is 0 Å². The molecule has 0 amide bonds. The third-order valence-corrected chi connectivity index (χ3v) is 2.39. The molecule has 3 nitrogen and oxygen atoms in total. The molecule has 0 saturated heterocycles.